The van der Waals surface area contributed by atoms with Crippen LogP contribution >= 0.6 is 0 Å². The highest BCUT2D eigenvalue weighted by atomic mass is 32.2. The molecular weight excluding hydrogens is 460 g/mol. The molecular formula is C23H26N4O6S. The molecule has 2 aliphatic rings. The summed E-state index contributed by atoms with van der Waals surface area (Å²) in [5.41, 5.74) is 4.19. The number of carbonyl (C=O) groups is 2. The summed E-state index contributed by atoms with van der Waals surface area (Å²) in [6.45, 7) is 1.60. The number of hydrogen-bond acceptors (Lipinski definition) is 7. The number of nitrogens with zero attached hydrogens (tertiary/aromatic N) is 3. The van der Waals surface area contributed by atoms with Crippen molar-refractivity contribution in [2.24, 2.45) is 0 Å². The van der Waals surface area contributed by atoms with Gasteiger partial charge in [0, 0.05) is 41.9 Å². The van der Waals surface area contributed by atoms with Gasteiger partial charge < -0.3 is 10.0 Å². The average Bonchev–Trinajstić information content (AvgIpc) is 3.43. The van der Waals surface area contributed by atoms with Crippen LogP contribution in [0.2, 0.25) is 0 Å². The fourth-order valence-electron chi connectivity index (χ4n) is 4.01. The fourth-order valence-corrected chi connectivity index (χ4v) is 4.85. The fraction of sp³-hybridized carbons (Fsp3) is 0.435. The number of amides is 2. The van der Waals surface area contributed by atoms with Crippen LogP contribution < -0.4 is 5.48 Å². The summed E-state index contributed by atoms with van der Waals surface area (Å²) in [6, 6.07) is 5.18. The molecule has 2 aromatic rings. The molecule has 34 heavy (non-hydrogen) atoms. The molecule has 0 spiro atoms. The Labute approximate surface area is 197 Å². The van der Waals surface area contributed by atoms with Crippen LogP contribution in [0, 0.1) is 11.8 Å². The van der Waals surface area contributed by atoms with Gasteiger partial charge in [0.15, 0.2) is 14.6 Å². The molecule has 0 aromatic carbocycles. The van der Waals surface area contributed by atoms with Crippen molar-refractivity contribution in [3.63, 3.8) is 0 Å². The SMILES string of the molecule is C[C@@](CCN1Cc2cc(C#Cc3ccc(C4(CO)CC4)cn3)cn2C1=O)(C(=O)NO)S(C)(=O)=O. The largest absolute Gasteiger partial charge is 0.395 e. The molecule has 1 aliphatic heterocycles. The molecule has 180 valence electrons. The van der Waals surface area contributed by atoms with Crippen LogP contribution in [0.4, 0.5) is 4.79 Å². The summed E-state index contributed by atoms with van der Waals surface area (Å²) in [4.78, 5) is 30.5. The zero-order valence-corrected chi connectivity index (χ0v) is 19.7. The molecule has 2 aromatic heterocycles. The Kier molecular flexibility index (Phi) is 6.01. The summed E-state index contributed by atoms with van der Waals surface area (Å²) in [5, 5.41) is 18.5. The summed E-state index contributed by atoms with van der Waals surface area (Å²) < 4.78 is 23.8. The maximum absolute atomic E-state index is 12.8. The normalized spacial score (nSPS) is 18.0. The van der Waals surface area contributed by atoms with Crippen molar-refractivity contribution in [2.45, 2.75) is 42.9 Å². The third kappa shape index (κ3) is 4.20. The predicted molar refractivity (Wildman–Crippen MR) is 122 cm³/mol. The van der Waals surface area contributed by atoms with Gasteiger partial charge in [-0.1, -0.05) is 12.0 Å². The Balaban J connectivity index is 1.42. The second kappa shape index (κ2) is 8.54. The predicted octanol–water partition coefficient (Wildman–Crippen LogP) is 0.789. The quantitative estimate of drug-likeness (QED) is 0.298. The minimum absolute atomic E-state index is 0.0180. The first-order valence-corrected chi connectivity index (χ1v) is 12.7. The Hall–Kier alpha value is -3.20. The average molecular weight is 487 g/mol. The van der Waals surface area contributed by atoms with Crippen LogP contribution in [0.3, 0.4) is 0 Å². The maximum Gasteiger partial charge on any atom is 0.328 e. The number of aliphatic hydroxyl groups is 1. The van der Waals surface area contributed by atoms with Gasteiger partial charge in [-0.3, -0.25) is 14.6 Å². The highest BCUT2D eigenvalue weighted by Crippen LogP contribution is 2.47. The van der Waals surface area contributed by atoms with Gasteiger partial charge in [-0.05, 0) is 49.8 Å². The Morgan fingerprint density at radius 2 is 2.06 bits per heavy atom. The summed E-state index contributed by atoms with van der Waals surface area (Å²) >= 11 is 0. The monoisotopic (exact) mass is 486 g/mol. The van der Waals surface area contributed by atoms with Crippen LogP contribution in [0.15, 0.2) is 30.6 Å². The molecule has 0 bridgehead atoms. The van der Waals surface area contributed by atoms with Gasteiger partial charge >= 0.3 is 6.03 Å². The number of hydrogen-bond donors (Lipinski definition) is 3. The molecule has 3 heterocycles. The first-order valence-electron chi connectivity index (χ1n) is 10.8. The van der Waals surface area contributed by atoms with Crippen molar-refractivity contribution in [2.75, 3.05) is 19.4 Å². The molecule has 3 N–H and O–H groups in total. The lowest BCUT2D eigenvalue weighted by Gasteiger charge is -2.27. The zero-order valence-electron chi connectivity index (χ0n) is 18.9. The Bertz CT molecular complexity index is 1300. The van der Waals surface area contributed by atoms with E-state index < -0.39 is 20.5 Å². The van der Waals surface area contributed by atoms with Gasteiger partial charge in [0.25, 0.3) is 5.91 Å². The molecule has 1 aliphatic carbocycles. The van der Waals surface area contributed by atoms with E-state index in [1.54, 1.807) is 18.5 Å². The van der Waals surface area contributed by atoms with Gasteiger partial charge in [-0.25, -0.2) is 23.7 Å². The molecule has 0 saturated heterocycles. The number of carbonyl (C=O) groups excluding carboxylic acids is 2. The summed E-state index contributed by atoms with van der Waals surface area (Å²) in [7, 11) is -3.84. The van der Waals surface area contributed by atoms with E-state index >= 15 is 0 Å². The zero-order chi connectivity index (χ0) is 24.7. The van der Waals surface area contributed by atoms with Gasteiger partial charge in [-0.15, -0.1) is 0 Å². The molecule has 0 unspecified atom stereocenters. The van der Waals surface area contributed by atoms with E-state index in [4.69, 9.17) is 5.21 Å². The van der Waals surface area contributed by atoms with Gasteiger partial charge in [0.1, 0.15) is 5.69 Å². The molecule has 0 radical (unpaired) electrons. The van der Waals surface area contributed by atoms with Crippen molar-refractivity contribution >= 4 is 21.8 Å². The highest BCUT2D eigenvalue weighted by molar-refractivity contribution is 7.92. The van der Waals surface area contributed by atoms with Crippen LogP contribution in [0.5, 0.6) is 0 Å². The number of aromatic nitrogens is 2. The standard InChI is InChI=1S/C23H26N4O6S/c1-22(20(29)25-31,34(2,32)33)9-10-26-14-19-11-16(13-27(19)21(26)30)3-5-18-6-4-17(12-24-18)23(15-28)7-8-23/h4,6,11-13,28,31H,7-10,14-15H2,1-2H3,(H,25,29)/t22-/m1/s1. The van der Waals surface area contributed by atoms with E-state index in [0.717, 1.165) is 24.7 Å². The molecule has 4 rings (SSSR count). The van der Waals surface area contributed by atoms with Crippen LogP contribution in [0.25, 0.3) is 0 Å². The highest BCUT2D eigenvalue weighted by Gasteiger charge is 2.45. The second-order valence-corrected chi connectivity index (χ2v) is 11.6. The second-order valence-electron chi connectivity index (χ2n) is 9.11. The minimum atomic E-state index is -3.84. The number of nitrogens with one attached hydrogen (secondary N) is 1. The lowest BCUT2D eigenvalue weighted by Crippen LogP contribution is -2.50. The molecule has 1 saturated carbocycles. The van der Waals surface area contributed by atoms with Crippen molar-refractivity contribution in [3.05, 3.63) is 53.1 Å². The topological polar surface area (TPSA) is 142 Å². The van der Waals surface area contributed by atoms with Crippen molar-refractivity contribution in [3.8, 4) is 11.8 Å². The van der Waals surface area contributed by atoms with Gasteiger partial charge in [-0.2, -0.15) is 0 Å². The number of pyridine rings is 1. The lowest BCUT2D eigenvalue weighted by atomic mass is 9.99. The van der Waals surface area contributed by atoms with E-state index in [1.807, 2.05) is 12.1 Å². The van der Waals surface area contributed by atoms with E-state index in [1.165, 1.54) is 21.9 Å². The van der Waals surface area contributed by atoms with E-state index in [0.29, 0.717) is 17.0 Å². The third-order valence-corrected chi connectivity index (χ3v) is 8.88. The summed E-state index contributed by atoms with van der Waals surface area (Å²) in [6.07, 6.45) is 6.03. The number of sulfone groups is 1. The Morgan fingerprint density at radius 3 is 2.59 bits per heavy atom. The van der Waals surface area contributed by atoms with Gasteiger partial charge in [0.05, 0.1) is 13.2 Å². The number of aliphatic hydroxyl groups excluding tert-OH is 1. The molecule has 2 amide bonds. The molecule has 11 heteroatoms. The van der Waals surface area contributed by atoms with E-state index in [2.05, 4.69) is 16.8 Å². The lowest BCUT2D eigenvalue weighted by molar-refractivity contribution is -0.131. The van der Waals surface area contributed by atoms with Crippen LogP contribution in [0.1, 0.15) is 48.7 Å². The third-order valence-electron chi connectivity index (χ3n) is 6.86. The molecule has 10 nitrogen and oxygen atoms in total. The minimum Gasteiger partial charge on any atom is -0.395 e. The van der Waals surface area contributed by atoms with Crippen molar-refractivity contribution in [1.29, 1.82) is 0 Å². The van der Waals surface area contributed by atoms with E-state index in [-0.39, 0.29) is 37.6 Å². The van der Waals surface area contributed by atoms with Gasteiger partial charge in [0.2, 0.25) is 0 Å². The smallest absolute Gasteiger partial charge is 0.328 e. The molecule has 1 fully saturated rings. The maximum atomic E-state index is 12.8. The number of fused-ring (bicyclic) bond motifs is 1. The Morgan fingerprint density at radius 1 is 1.32 bits per heavy atom. The molecule has 1 atom stereocenters. The van der Waals surface area contributed by atoms with Crippen LogP contribution in [-0.4, -0.2) is 69.3 Å². The van der Waals surface area contributed by atoms with Crippen molar-refractivity contribution < 1.29 is 28.3 Å². The van der Waals surface area contributed by atoms with Crippen molar-refractivity contribution in [1.82, 2.24) is 19.9 Å². The number of hydroxylamine groups is 1. The first-order chi connectivity index (χ1) is 16.0. The first kappa shape index (κ1) is 23.9. The van der Waals surface area contributed by atoms with Crippen LogP contribution in [-0.2, 0) is 26.6 Å². The number of rotatable bonds is 7. The summed E-state index contributed by atoms with van der Waals surface area (Å²) in [5.74, 6) is 4.94. The van der Waals surface area contributed by atoms with E-state index in [9.17, 15) is 23.1 Å².